The summed E-state index contributed by atoms with van der Waals surface area (Å²) in [4.78, 5) is 30.6. The summed E-state index contributed by atoms with van der Waals surface area (Å²) >= 11 is 0. The highest BCUT2D eigenvalue weighted by Crippen LogP contribution is 2.25. The molecule has 0 fully saturated rings. The molecule has 0 aliphatic carbocycles. The number of hydrogen-bond acceptors (Lipinski definition) is 3. The van der Waals surface area contributed by atoms with Gasteiger partial charge in [-0.25, -0.2) is 4.79 Å². The lowest BCUT2D eigenvalue weighted by Crippen LogP contribution is -2.29. The molecule has 0 atom stereocenters. The number of aromatic carboxylic acids is 1. The van der Waals surface area contributed by atoms with Gasteiger partial charge in [0.15, 0.2) is 0 Å². The first-order valence-electron chi connectivity index (χ1n) is 11.9. The van der Waals surface area contributed by atoms with Crippen LogP contribution in [0.25, 0.3) is 28.3 Å². The maximum Gasteiger partial charge on any atom is 0.601 e. The van der Waals surface area contributed by atoms with E-state index < -0.39 is 18.9 Å². The highest BCUT2D eigenvalue weighted by atomic mass is 19.1. The summed E-state index contributed by atoms with van der Waals surface area (Å²) in [6, 6.07) is 31.4. The van der Waals surface area contributed by atoms with Crippen molar-refractivity contribution in [2.45, 2.75) is 0 Å². The molecule has 8 heteroatoms. The molecule has 0 unspecified atom stereocenters. The van der Waals surface area contributed by atoms with Crippen LogP contribution in [0.2, 0.25) is 0 Å². The Hall–Kier alpha value is -5.11. The molecule has 6 nitrogen and oxygen atoms in total. The van der Waals surface area contributed by atoms with Crippen LogP contribution < -0.4 is 5.46 Å². The van der Waals surface area contributed by atoms with Crippen LogP contribution in [0.3, 0.4) is 0 Å². The third-order valence-corrected chi connectivity index (χ3v) is 5.98. The summed E-state index contributed by atoms with van der Waals surface area (Å²) in [5, 5.41) is 9.11. The minimum absolute atomic E-state index is 0.00264. The molecule has 0 amide bonds. The van der Waals surface area contributed by atoms with Crippen LogP contribution in [0, 0.1) is 0 Å². The average molecular weight is 504 g/mol. The molecule has 0 spiro atoms. The zero-order valence-corrected chi connectivity index (χ0v) is 20.1. The first kappa shape index (κ1) is 24.6. The quantitative estimate of drug-likeness (QED) is 0.0996. The van der Waals surface area contributed by atoms with Crippen LogP contribution in [0.15, 0.2) is 115 Å². The van der Waals surface area contributed by atoms with E-state index >= 15 is 4.32 Å². The predicted molar refractivity (Wildman–Crippen MR) is 146 cm³/mol. The number of carboxylic acid groups (broad SMARTS) is 1. The predicted octanol–water partition coefficient (Wildman–Crippen LogP) is 5.98. The van der Waals surface area contributed by atoms with Crippen molar-refractivity contribution >= 4 is 30.2 Å². The molecule has 5 rings (SSSR count). The SMILES string of the molecule is O=C(O)c1ccc(B(F)O/C(=C\C(=O)c2ccc(-c3ccccc3)[nH]2)c2ccc(-c3ccccc3)[nH]2)cc1. The van der Waals surface area contributed by atoms with Gasteiger partial charge in [0.1, 0.15) is 5.76 Å². The number of nitrogens with one attached hydrogen (secondary N) is 2. The van der Waals surface area contributed by atoms with Crippen LogP contribution >= 0.6 is 0 Å². The minimum atomic E-state index is -1.94. The number of benzene rings is 3. The third kappa shape index (κ3) is 5.49. The van der Waals surface area contributed by atoms with Crippen molar-refractivity contribution in [3.8, 4) is 22.5 Å². The molecule has 0 bridgehead atoms. The second kappa shape index (κ2) is 10.9. The summed E-state index contributed by atoms with van der Waals surface area (Å²) in [6.45, 7) is 0. The van der Waals surface area contributed by atoms with Crippen molar-refractivity contribution in [3.05, 3.63) is 132 Å². The fourth-order valence-corrected chi connectivity index (χ4v) is 3.98. The summed E-state index contributed by atoms with van der Waals surface area (Å²) in [5.74, 6) is -1.51. The maximum absolute atomic E-state index is 15.3. The Labute approximate surface area is 218 Å². The number of carbonyl (C=O) groups excluding carboxylic acids is 1. The van der Waals surface area contributed by atoms with Gasteiger partial charge in [-0.15, -0.1) is 0 Å². The molecular formula is C30H22BFN2O4. The smallest absolute Gasteiger partial charge is 0.528 e. The van der Waals surface area contributed by atoms with Crippen molar-refractivity contribution in [1.82, 2.24) is 9.97 Å². The Morgan fingerprint density at radius 1 is 0.711 bits per heavy atom. The van der Waals surface area contributed by atoms with Crippen LogP contribution in [-0.4, -0.2) is 34.0 Å². The van der Waals surface area contributed by atoms with E-state index in [1.165, 1.54) is 30.3 Å². The van der Waals surface area contributed by atoms with E-state index in [4.69, 9.17) is 9.76 Å². The Kier molecular flexibility index (Phi) is 7.04. The lowest BCUT2D eigenvalue weighted by molar-refractivity contribution is 0.0696. The van der Waals surface area contributed by atoms with Gasteiger partial charge in [0.25, 0.3) is 0 Å². The zero-order chi connectivity index (χ0) is 26.5. The van der Waals surface area contributed by atoms with E-state index in [-0.39, 0.29) is 16.8 Å². The van der Waals surface area contributed by atoms with E-state index in [2.05, 4.69) is 9.97 Å². The minimum Gasteiger partial charge on any atom is -0.528 e. The summed E-state index contributed by atoms with van der Waals surface area (Å²) in [7, 11) is -1.94. The van der Waals surface area contributed by atoms with Crippen molar-refractivity contribution in [3.63, 3.8) is 0 Å². The fourth-order valence-electron chi connectivity index (χ4n) is 3.98. The van der Waals surface area contributed by atoms with E-state index in [1.807, 2.05) is 66.7 Å². The summed E-state index contributed by atoms with van der Waals surface area (Å²) < 4.78 is 20.9. The highest BCUT2D eigenvalue weighted by Gasteiger charge is 2.25. The Morgan fingerprint density at radius 3 is 1.79 bits per heavy atom. The van der Waals surface area contributed by atoms with Crippen molar-refractivity contribution < 1.29 is 23.7 Å². The van der Waals surface area contributed by atoms with Crippen LogP contribution in [0.1, 0.15) is 26.5 Å². The van der Waals surface area contributed by atoms with Gasteiger partial charge in [-0.1, -0.05) is 72.8 Å². The largest absolute Gasteiger partial charge is 0.601 e. The monoisotopic (exact) mass is 504 g/mol. The number of carboxylic acids is 1. The number of hydrogen-bond donors (Lipinski definition) is 3. The molecule has 2 aromatic heterocycles. The van der Waals surface area contributed by atoms with Gasteiger partial charge in [-0.05, 0) is 47.5 Å². The Morgan fingerprint density at radius 2 is 1.24 bits per heavy atom. The van der Waals surface area contributed by atoms with Crippen molar-refractivity contribution in [2.24, 2.45) is 0 Å². The fraction of sp³-hybridized carbons (Fsp3) is 0. The number of allylic oxidation sites excluding steroid dienone is 1. The molecule has 0 saturated heterocycles. The Balaban J connectivity index is 1.46. The molecule has 2 heterocycles. The van der Waals surface area contributed by atoms with Crippen LogP contribution in [0.4, 0.5) is 4.32 Å². The van der Waals surface area contributed by atoms with Crippen LogP contribution in [0.5, 0.6) is 0 Å². The van der Waals surface area contributed by atoms with Gasteiger partial charge in [0, 0.05) is 22.9 Å². The van der Waals surface area contributed by atoms with Gasteiger partial charge >= 0.3 is 13.2 Å². The van der Waals surface area contributed by atoms with Gasteiger partial charge in [0.2, 0.25) is 5.78 Å². The average Bonchev–Trinajstić information content (AvgIpc) is 3.65. The van der Waals surface area contributed by atoms with Crippen molar-refractivity contribution in [2.75, 3.05) is 0 Å². The van der Waals surface area contributed by atoms with E-state index in [9.17, 15) is 9.59 Å². The number of rotatable bonds is 9. The maximum atomic E-state index is 15.3. The summed E-state index contributed by atoms with van der Waals surface area (Å²) in [5.41, 5.74) is 4.28. The number of aromatic amines is 2. The molecule has 0 radical (unpaired) electrons. The topological polar surface area (TPSA) is 95.2 Å². The van der Waals surface area contributed by atoms with Gasteiger partial charge in [-0.2, -0.15) is 0 Å². The molecule has 38 heavy (non-hydrogen) atoms. The van der Waals surface area contributed by atoms with E-state index in [0.29, 0.717) is 11.4 Å². The second-order valence-electron chi connectivity index (χ2n) is 8.54. The molecule has 0 aliphatic heterocycles. The normalized spacial score (nSPS) is 11.2. The molecule has 5 aromatic rings. The molecule has 3 aromatic carbocycles. The summed E-state index contributed by atoms with van der Waals surface area (Å²) in [6.07, 6.45) is 1.24. The number of ketones is 1. The van der Waals surface area contributed by atoms with E-state index in [1.54, 1.807) is 18.2 Å². The standard InChI is InChI=1S/C30H22BFN2O4/c32-31(23-13-11-22(12-14-23)30(36)37)38-29(27-18-16-25(34-27)21-9-5-2-6-10-21)19-28(35)26-17-15-24(33-26)20-7-3-1-4-8-20/h1-19,33-34H,(H,36,37)/b29-19-. The lowest BCUT2D eigenvalue weighted by Gasteiger charge is -2.12. The molecule has 0 saturated carbocycles. The first-order chi connectivity index (χ1) is 18.5. The van der Waals surface area contributed by atoms with Crippen LogP contribution in [-0.2, 0) is 4.65 Å². The highest BCUT2D eigenvalue weighted by molar-refractivity contribution is 6.61. The lowest BCUT2D eigenvalue weighted by atomic mass is 9.82. The van der Waals surface area contributed by atoms with Gasteiger partial charge < -0.3 is 19.7 Å². The Bertz CT molecular complexity index is 1590. The van der Waals surface area contributed by atoms with Gasteiger partial charge in [0.05, 0.1) is 17.0 Å². The number of halogens is 1. The van der Waals surface area contributed by atoms with Crippen molar-refractivity contribution in [1.29, 1.82) is 0 Å². The molecular weight excluding hydrogens is 482 g/mol. The molecule has 3 N–H and O–H groups in total. The van der Waals surface area contributed by atoms with Gasteiger partial charge in [-0.3, -0.25) is 9.11 Å². The number of aromatic nitrogens is 2. The third-order valence-electron chi connectivity index (χ3n) is 5.98. The molecule has 186 valence electrons. The first-order valence-corrected chi connectivity index (χ1v) is 11.9. The zero-order valence-electron chi connectivity index (χ0n) is 20.1. The number of carbonyl (C=O) groups is 2. The second-order valence-corrected chi connectivity index (χ2v) is 8.54. The molecule has 0 aliphatic rings. The number of H-pyrrole nitrogens is 2. The van der Waals surface area contributed by atoms with E-state index in [0.717, 1.165) is 22.5 Å².